The Morgan fingerprint density at radius 2 is 1.23 bits per heavy atom. The van der Waals surface area contributed by atoms with Gasteiger partial charge in [-0.25, -0.2) is 0 Å². The van der Waals surface area contributed by atoms with Crippen LogP contribution < -0.4 is 0 Å². The first kappa shape index (κ1) is 18.7. The van der Waals surface area contributed by atoms with Crippen LogP contribution in [0.2, 0.25) is 0 Å². The van der Waals surface area contributed by atoms with Crippen molar-refractivity contribution in [3.05, 3.63) is 0 Å². The highest BCUT2D eigenvalue weighted by Crippen LogP contribution is 1.81. The van der Waals surface area contributed by atoms with Crippen molar-refractivity contribution in [1.82, 2.24) is 4.90 Å². The fourth-order valence-corrected chi connectivity index (χ4v) is 0. The van der Waals surface area contributed by atoms with E-state index in [1.54, 1.807) is 7.11 Å². The molecule has 0 heterocycles. The van der Waals surface area contributed by atoms with E-state index in [0.29, 0.717) is 0 Å². The summed E-state index contributed by atoms with van der Waals surface area (Å²) in [7, 11) is 5.79. The van der Waals surface area contributed by atoms with Gasteiger partial charge in [-0.05, 0) is 33.5 Å². The Balaban J connectivity index is -0.000000117. The van der Waals surface area contributed by atoms with Crippen LogP contribution in [-0.2, 0) is 4.74 Å². The summed E-state index contributed by atoms with van der Waals surface area (Å²) in [5.74, 6) is 0.833. The SMILES string of the molecule is CC(C)C.CCN(C)C.CCOC. The Morgan fingerprint density at radius 1 is 1.08 bits per heavy atom. The summed E-state index contributed by atoms with van der Waals surface area (Å²) >= 11 is 0. The van der Waals surface area contributed by atoms with E-state index in [-0.39, 0.29) is 0 Å². The normalized spacial score (nSPS) is 8.77. The van der Waals surface area contributed by atoms with Gasteiger partial charge in [-0.2, -0.15) is 0 Å². The molecule has 84 valence electrons. The summed E-state index contributed by atoms with van der Waals surface area (Å²) in [5.41, 5.74) is 0. The Kier molecular flexibility index (Phi) is 25.6. The van der Waals surface area contributed by atoms with Gasteiger partial charge in [0.05, 0.1) is 0 Å². The minimum atomic E-state index is 0.819. The average Bonchev–Trinajstić information content (AvgIpc) is 2.04. The summed E-state index contributed by atoms with van der Waals surface area (Å²) in [4.78, 5) is 2.12. The van der Waals surface area contributed by atoms with Crippen molar-refractivity contribution in [2.45, 2.75) is 34.6 Å². The van der Waals surface area contributed by atoms with Crippen LogP contribution in [0.25, 0.3) is 0 Å². The van der Waals surface area contributed by atoms with Gasteiger partial charge in [0.15, 0.2) is 0 Å². The van der Waals surface area contributed by atoms with Crippen LogP contribution in [0.1, 0.15) is 34.6 Å². The third-order valence-electron chi connectivity index (χ3n) is 0.921. The number of hydrogen-bond acceptors (Lipinski definition) is 2. The monoisotopic (exact) mass is 191 g/mol. The van der Waals surface area contributed by atoms with Crippen LogP contribution in [0.4, 0.5) is 0 Å². The Hall–Kier alpha value is -0.0800. The van der Waals surface area contributed by atoms with Gasteiger partial charge in [-0.1, -0.05) is 27.7 Å². The van der Waals surface area contributed by atoms with Gasteiger partial charge in [-0.3, -0.25) is 0 Å². The topological polar surface area (TPSA) is 12.5 Å². The molecule has 0 aromatic heterocycles. The molecule has 0 rings (SSSR count). The summed E-state index contributed by atoms with van der Waals surface area (Å²) in [5, 5.41) is 0. The van der Waals surface area contributed by atoms with E-state index in [2.05, 4.69) is 51.4 Å². The third kappa shape index (κ3) is 138. The molecule has 0 saturated carbocycles. The second kappa shape index (κ2) is 17.9. The van der Waals surface area contributed by atoms with Gasteiger partial charge in [-0.15, -0.1) is 0 Å². The van der Waals surface area contributed by atoms with E-state index in [9.17, 15) is 0 Å². The molecule has 0 aromatic carbocycles. The fourth-order valence-electron chi connectivity index (χ4n) is 0. The predicted molar refractivity (Wildman–Crippen MR) is 62.3 cm³/mol. The molecule has 13 heavy (non-hydrogen) atoms. The zero-order chi connectivity index (χ0) is 11.3. The summed E-state index contributed by atoms with van der Waals surface area (Å²) in [6.07, 6.45) is 0. The zero-order valence-corrected chi connectivity index (χ0v) is 10.8. The van der Waals surface area contributed by atoms with Crippen LogP contribution in [0, 0.1) is 5.92 Å². The van der Waals surface area contributed by atoms with Crippen molar-refractivity contribution in [2.24, 2.45) is 5.92 Å². The van der Waals surface area contributed by atoms with Crippen molar-refractivity contribution < 1.29 is 4.74 Å². The van der Waals surface area contributed by atoms with Crippen LogP contribution in [0.5, 0.6) is 0 Å². The lowest BCUT2D eigenvalue weighted by molar-refractivity contribution is 0.215. The van der Waals surface area contributed by atoms with Crippen molar-refractivity contribution in [2.75, 3.05) is 34.4 Å². The maximum atomic E-state index is 4.54. The maximum Gasteiger partial charge on any atom is 0.0433 e. The number of methoxy groups -OCH3 is 1. The van der Waals surface area contributed by atoms with E-state index in [4.69, 9.17) is 0 Å². The molecular weight excluding hydrogens is 162 g/mol. The van der Waals surface area contributed by atoms with E-state index in [1.165, 1.54) is 0 Å². The van der Waals surface area contributed by atoms with E-state index in [0.717, 1.165) is 19.1 Å². The molecular formula is C11H29NO. The lowest BCUT2D eigenvalue weighted by atomic mass is 10.3. The summed E-state index contributed by atoms with van der Waals surface area (Å²) in [6.45, 7) is 12.5. The van der Waals surface area contributed by atoms with Crippen LogP contribution >= 0.6 is 0 Å². The summed E-state index contributed by atoms with van der Waals surface area (Å²) in [6, 6.07) is 0. The first-order chi connectivity index (χ1) is 5.92. The molecule has 0 radical (unpaired) electrons. The van der Waals surface area contributed by atoms with Gasteiger partial charge in [0.1, 0.15) is 0 Å². The molecule has 0 aliphatic rings. The Morgan fingerprint density at radius 3 is 1.23 bits per heavy atom. The van der Waals surface area contributed by atoms with Crippen molar-refractivity contribution in [1.29, 1.82) is 0 Å². The molecule has 0 unspecified atom stereocenters. The van der Waals surface area contributed by atoms with Gasteiger partial charge in [0.25, 0.3) is 0 Å². The molecule has 2 nitrogen and oxygen atoms in total. The van der Waals surface area contributed by atoms with Gasteiger partial charge >= 0.3 is 0 Å². The van der Waals surface area contributed by atoms with Gasteiger partial charge < -0.3 is 9.64 Å². The molecule has 0 atom stereocenters. The number of nitrogens with zero attached hydrogens (tertiary/aromatic N) is 1. The standard InChI is InChI=1S/C4H11N.C4H10.C3H8O/c1-4-5(2)3;1-4(2)3;1-3-4-2/h4H2,1-3H3;4H,1-3H3;3H2,1-2H3. The van der Waals surface area contributed by atoms with Crippen molar-refractivity contribution >= 4 is 0 Å². The summed E-state index contributed by atoms with van der Waals surface area (Å²) < 4.78 is 4.54. The minimum absolute atomic E-state index is 0.819. The maximum absolute atomic E-state index is 4.54. The zero-order valence-electron chi connectivity index (χ0n) is 10.8. The highest BCUT2D eigenvalue weighted by molar-refractivity contribution is 4.25. The molecule has 0 spiro atoms. The molecule has 0 fully saturated rings. The number of rotatable bonds is 2. The number of hydrogen-bond donors (Lipinski definition) is 0. The van der Waals surface area contributed by atoms with Crippen LogP contribution in [0.3, 0.4) is 0 Å². The van der Waals surface area contributed by atoms with E-state index >= 15 is 0 Å². The minimum Gasteiger partial charge on any atom is -0.385 e. The molecule has 0 N–H and O–H groups in total. The molecule has 0 aromatic rings. The Bertz CT molecular complexity index is 58.4. The van der Waals surface area contributed by atoms with Gasteiger partial charge in [0.2, 0.25) is 0 Å². The lowest BCUT2D eigenvalue weighted by Crippen LogP contribution is -2.08. The second-order valence-corrected chi connectivity index (χ2v) is 3.71. The van der Waals surface area contributed by atoms with Crippen LogP contribution in [0.15, 0.2) is 0 Å². The first-order valence-corrected chi connectivity index (χ1v) is 5.05. The molecule has 0 aliphatic carbocycles. The highest BCUT2D eigenvalue weighted by atomic mass is 16.5. The largest absolute Gasteiger partial charge is 0.385 e. The molecule has 0 amide bonds. The fraction of sp³-hybridized carbons (Fsp3) is 1.00. The van der Waals surface area contributed by atoms with E-state index in [1.807, 2.05) is 6.92 Å². The van der Waals surface area contributed by atoms with Crippen molar-refractivity contribution in [3.8, 4) is 0 Å². The predicted octanol–water partition coefficient (Wildman–Crippen LogP) is 2.88. The quantitative estimate of drug-likeness (QED) is 0.665. The second-order valence-electron chi connectivity index (χ2n) is 3.71. The Labute approximate surface area is 85.3 Å². The van der Waals surface area contributed by atoms with Crippen LogP contribution in [-0.4, -0.2) is 39.3 Å². The van der Waals surface area contributed by atoms with E-state index < -0.39 is 0 Å². The lowest BCUT2D eigenvalue weighted by Gasteiger charge is -2.00. The average molecular weight is 191 g/mol. The smallest absolute Gasteiger partial charge is 0.0433 e. The molecule has 0 bridgehead atoms. The first-order valence-electron chi connectivity index (χ1n) is 5.05. The molecule has 2 heteroatoms. The van der Waals surface area contributed by atoms with Gasteiger partial charge in [0, 0.05) is 13.7 Å². The third-order valence-corrected chi connectivity index (χ3v) is 0.921. The highest BCUT2D eigenvalue weighted by Gasteiger charge is 1.72. The number of ether oxygens (including phenoxy) is 1. The molecule has 0 saturated heterocycles. The molecule has 0 aliphatic heterocycles. The van der Waals surface area contributed by atoms with Crippen molar-refractivity contribution in [3.63, 3.8) is 0 Å².